The average molecular weight is 372 g/mol. The van der Waals surface area contributed by atoms with Gasteiger partial charge in [0.1, 0.15) is 5.82 Å². The zero-order valence-corrected chi connectivity index (χ0v) is 15.4. The second-order valence-corrected chi connectivity index (χ2v) is 7.50. The molecule has 2 aromatic rings. The Labute approximate surface area is 156 Å². The molecule has 1 aliphatic heterocycles. The Bertz CT molecular complexity index is 841. The number of fused-ring (bicyclic) bond motifs is 1. The molecule has 0 aliphatic carbocycles. The van der Waals surface area contributed by atoms with Crippen LogP contribution in [0, 0.1) is 12.7 Å². The van der Waals surface area contributed by atoms with Gasteiger partial charge in [-0.25, -0.2) is 9.11 Å². The van der Waals surface area contributed by atoms with Crippen LogP contribution in [0.3, 0.4) is 0 Å². The molecule has 0 bridgehead atoms. The summed E-state index contributed by atoms with van der Waals surface area (Å²) in [6, 6.07) is 10.5. The third kappa shape index (κ3) is 4.08. The molecule has 1 amide bonds. The first-order chi connectivity index (χ1) is 12.5. The third-order valence-corrected chi connectivity index (χ3v) is 5.42. The van der Waals surface area contributed by atoms with Crippen molar-refractivity contribution in [2.24, 2.45) is 0 Å². The Morgan fingerprint density at radius 3 is 2.85 bits per heavy atom. The summed E-state index contributed by atoms with van der Waals surface area (Å²) in [4.78, 5) is 13.8. The number of hydrogen-bond donors (Lipinski definition) is 1. The number of nitrogens with zero attached hydrogens (tertiary/aromatic N) is 1. The van der Waals surface area contributed by atoms with Crippen LogP contribution in [0.4, 0.5) is 15.8 Å². The van der Waals surface area contributed by atoms with Gasteiger partial charge >= 0.3 is 0 Å². The van der Waals surface area contributed by atoms with E-state index in [9.17, 15) is 13.7 Å². The first-order valence-corrected chi connectivity index (χ1v) is 9.74. The molecule has 0 radical (unpaired) electrons. The highest BCUT2D eigenvalue weighted by molar-refractivity contribution is 7.91. The van der Waals surface area contributed by atoms with E-state index < -0.39 is 11.4 Å². The van der Waals surface area contributed by atoms with Gasteiger partial charge in [0, 0.05) is 24.2 Å². The minimum Gasteiger partial charge on any atom is -0.593 e. The first kappa shape index (κ1) is 18.5. The van der Waals surface area contributed by atoms with Gasteiger partial charge in [0.05, 0.1) is 17.0 Å². The summed E-state index contributed by atoms with van der Waals surface area (Å²) in [5, 5.41) is 0. The van der Waals surface area contributed by atoms with Crippen molar-refractivity contribution in [1.82, 2.24) is 0 Å². The van der Waals surface area contributed by atoms with Crippen molar-refractivity contribution in [3.05, 3.63) is 71.6 Å². The second kappa shape index (κ2) is 7.93. The Morgan fingerprint density at radius 2 is 2.12 bits per heavy atom. The molecular weight excluding hydrogens is 351 g/mol. The third-order valence-electron chi connectivity index (χ3n) is 4.36. The van der Waals surface area contributed by atoms with Gasteiger partial charge in [-0.3, -0.25) is 4.79 Å². The molecular formula is C20H21FN2O2S. The summed E-state index contributed by atoms with van der Waals surface area (Å²) in [5.41, 5.74) is 3.89. The van der Waals surface area contributed by atoms with Gasteiger partial charge in [-0.2, -0.15) is 0 Å². The van der Waals surface area contributed by atoms with Crippen LogP contribution in [-0.2, 0) is 28.3 Å². The lowest BCUT2D eigenvalue weighted by molar-refractivity contribution is -0.118. The van der Waals surface area contributed by atoms with Crippen LogP contribution >= 0.6 is 0 Å². The molecule has 136 valence electrons. The van der Waals surface area contributed by atoms with Gasteiger partial charge < -0.3 is 9.45 Å². The molecule has 2 aromatic carbocycles. The van der Waals surface area contributed by atoms with E-state index in [0.717, 1.165) is 16.9 Å². The zero-order chi connectivity index (χ0) is 18.7. The maximum absolute atomic E-state index is 13.6. The van der Waals surface area contributed by atoms with Crippen LogP contribution in [0.1, 0.15) is 23.1 Å². The lowest BCUT2D eigenvalue weighted by atomic mass is 10.0. The minimum atomic E-state index is -1.37. The Hall–Kier alpha value is -2.31. The molecule has 1 N–H and O–H groups in total. The highest BCUT2D eigenvalue weighted by atomic mass is 32.2. The summed E-state index contributed by atoms with van der Waals surface area (Å²) < 4.78 is 28.9. The summed E-state index contributed by atoms with van der Waals surface area (Å²) >= 11 is -1.37. The number of carbonyl (C=O) groups is 1. The van der Waals surface area contributed by atoms with E-state index in [4.69, 9.17) is 0 Å². The van der Waals surface area contributed by atoms with E-state index in [1.54, 1.807) is 36.1 Å². The maximum Gasteiger partial charge on any atom is 0.227 e. The van der Waals surface area contributed by atoms with Gasteiger partial charge in [-0.05, 0) is 48.7 Å². The molecule has 6 heteroatoms. The van der Waals surface area contributed by atoms with Crippen molar-refractivity contribution in [3.8, 4) is 0 Å². The number of anilines is 2. The van der Waals surface area contributed by atoms with Crippen molar-refractivity contribution >= 4 is 28.6 Å². The van der Waals surface area contributed by atoms with E-state index in [-0.39, 0.29) is 17.5 Å². The predicted octanol–water partition coefficient (Wildman–Crippen LogP) is 3.88. The van der Waals surface area contributed by atoms with Crippen LogP contribution in [0.25, 0.3) is 0 Å². The molecule has 0 fully saturated rings. The molecule has 0 aromatic heterocycles. The molecule has 1 heterocycles. The average Bonchev–Trinajstić information content (AvgIpc) is 2.61. The summed E-state index contributed by atoms with van der Waals surface area (Å²) in [6.07, 6.45) is 2.82. The Balaban J connectivity index is 1.71. The van der Waals surface area contributed by atoms with Gasteiger partial charge in [-0.15, -0.1) is 6.58 Å². The number of amides is 1. The smallest absolute Gasteiger partial charge is 0.227 e. The summed E-state index contributed by atoms with van der Waals surface area (Å²) in [6.45, 7) is 5.87. The topological polar surface area (TPSA) is 55.4 Å². The van der Waals surface area contributed by atoms with Crippen molar-refractivity contribution in [2.75, 3.05) is 16.2 Å². The molecule has 4 nitrogen and oxygen atoms in total. The summed E-state index contributed by atoms with van der Waals surface area (Å²) in [5.74, 6) is 0.0124. The van der Waals surface area contributed by atoms with Crippen molar-refractivity contribution in [2.45, 2.75) is 25.5 Å². The van der Waals surface area contributed by atoms with E-state index in [2.05, 4.69) is 11.3 Å². The fourth-order valence-corrected chi connectivity index (χ4v) is 3.94. The summed E-state index contributed by atoms with van der Waals surface area (Å²) in [7, 11) is 0. The van der Waals surface area contributed by atoms with Crippen LogP contribution in [-0.4, -0.2) is 17.0 Å². The SMILES string of the molecule is C=CCN1C(=O)CCc2cc(N[S+]([O-])Cc3ccc(C)c(F)c3)ccc21. The van der Waals surface area contributed by atoms with Gasteiger partial charge in [0.2, 0.25) is 5.91 Å². The van der Waals surface area contributed by atoms with E-state index >= 15 is 0 Å². The van der Waals surface area contributed by atoms with E-state index in [0.29, 0.717) is 30.5 Å². The zero-order valence-electron chi connectivity index (χ0n) is 14.6. The highest BCUT2D eigenvalue weighted by Crippen LogP contribution is 2.30. The second-order valence-electron chi connectivity index (χ2n) is 6.31. The van der Waals surface area contributed by atoms with E-state index in [1.165, 1.54) is 6.07 Å². The number of aryl methyl sites for hydroxylation is 2. The number of nitrogens with one attached hydrogen (secondary N) is 1. The maximum atomic E-state index is 13.6. The fourth-order valence-electron chi connectivity index (χ4n) is 3.00. The number of hydrogen-bond acceptors (Lipinski definition) is 3. The van der Waals surface area contributed by atoms with Gasteiger partial charge in [0.15, 0.2) is 5.75 Å². The number of rotatable bonds is 6. The first-order valence-electron chi connectivity index (χ1n) is 8.42. The highest BCUT2D eigenvalue weighted by Gasteiger charge is 2.23. The normalized spacial score (nSPS) is 14.7. The number of carbonyl (C=O) groups excluding carboxylic acids is 1. The largest absolute Gasteiger partial charge is 0.593 e. The van der Waals surface area contributed by atoms with Crippen LogP contribution < -0.4 is 9.62 Å². The van der Waals surface area contributed by atoms with Gasteiger partial charge in [-0.1, -0.05) is 18.2 Å². The van der Waals surface area contributed by atoms with Crippen molar-refractivity contribution in [3.63, 3.8) is 0 Å². The van der Waals surface area contributed by atoms with Crippen molar-refractivity contribution < 1.29 is 13.7 Å². The molecule has 0 saturated heterocycles. The van der Waals surface area contributed by atoms with Crippen LogP contribution in [0.5, 0.6) is 0 Å². The molecule has 26 heavy (non-hydrogen) atoms. The monoisotopic (exact) mass is 372 g/mol. The number of halogens is 1. The molecule has 1 unspecified atom stereocenters. The van der Waals surface area contributed by atoms with Crippen LogP contribution in [0.2, 0.25) is 0 Å². The minimum absolute atomic E-state index is 0.0862. The predicted molar refractivity (Wildman–Crippen MR) is 104 cm³/mol. The van der Waals surface area contributed by atoms with Crippen molar-refractivity contribution in [1.29, 1.82) is 0 Å². The number of benzene rings is 2. The Kier molecular flexibility index (Phi) is 5.64. The van der Waals surface area contributed by atoms with Gasteiger partial charge in [0.25, 0.3) is 0 Å². The standard InChI is InChI=1S/C20H21FN2O2S/c1-3-10-23-19-8-7-17(12-16(19)6-9-20(23)24)22-26(25)13-15-5-4-14(2)18(21)11-15/h3-5,7-8,11-12,22H,1,6,9-10,13H2,2H3. The Morgan fingerprint density at radius 1 is 1.31 bits per heavy atom. The molecule has 0 saturated carbocycles. The quantitative estimate of drug-likeness (QED) is 0.618. The molecule has 3 rings (SSSR count). The van der Waals surface area contributed by atoms with Crippen LogP contribution in [0.15, 0.2) is 49.1 Å². The lowest BCUT2D eigenvalue weighted by Gasteiger charge is -2.29. The van der Waals surface area contributed by atoms with E-state index in [1.807, 2.05) is 12.1 Å². The molecule has 1 aliphatic rings. The molecule has 1 atom stereocenters. The molecule has 0 spiro atoms. The fraction of sp³-hybridized carbons (Fsp3) is 0.250. The lowest BCUT2D eigenvalue weighted by Crippen LogP contribution is -2.35.